The number of rotatable bonds is 7. The zero-order valence-electron chi connectivity index (χ0n) is 13.7. The molecule has 0 radical (unpaired) electrons. The Morgan fingerprint density at radius 2 is 1.83 bits per heavy atom. The average molecular weight is 326 g/mol. The number of carboxylic acids is 1. The zero-order chi connectivity index (χ0) is 17.5. The topological polar surface area (TPSA) is 92.4 Å². The van der Waals surface area contributed by atoms with E-state index >= 15 is 0 Å². The number of hydrogen-bond donors (Lipinski definition) is 3. The molecular weight excluding hydrogens is 304 g/mol. The summed E-state index contributed by atoms with van der Waals surface area (Å²) in [5.41, 5.74) is 8.02. The lowest BCUT2D eigenvalue weighted by Gasteiger charge is -2.13. The van der Waals surface area contributed by atoms with Gasteiger partial charge in [0.25, 0.3) is 0 Å². The number of amides is 1. The molecule has 0 aliphatic rings. The predicted molar refractivity (Wildman–Crippen MR) is 95.0 cm³/mol. The minimum absolute atomic E-state index is 0.0621. The quantitative estimate of drug-likeness (QED) is 0.726. The van der Waals surface area contributed by atoms with E-state index in [-0.39, 0.29) is 29.6 Å². The number of carbonyl (C=O) groups excluding carboxylic acids is 1. The van der Waals surface area contributed by atoms with Crippen LogP contribution in [0.25, 0.3) is 11.1 Å². The van der Waals surface area contributed by atoms with Crippen molar-refractivity contribution in [3.05, 3.63) is 54.1 Å². The van der Waals surface area contributed by atoms with E-state index in [0.29, 0.717) is 0 Å². The van der Waals surface area contributed by atoms with E-state index in [4.69, 9.17) is 5.73 Å². The van der Waals surface area contributed by atoms with Crippen LogP contribution in [0, 0.1) is 0 Å². The zero-order valence-corrected chi connectivity index (χ0v) is 13.7. The number of anilines is 1. The van der Waals surface area contributed by atoms with Crippen LogP contribution in [0.5, 0.6) is 0 Å². The van der Waals surface area contributed by atoms with Gasteiger partial charge in [-0.1, -0.05) is 49.7 Å². The number of benzene rings is 2. The Labute approximate surface area is 141 Å². The molecular formula is C19H22N2O3. The highest BCUT2D eigenvalue weighted by atomic mass is 16.4. The summed E-state index contributed by atoms with van der Waals surface area (Å²) >= 11 is 0. The third-order valence-corrected chi connectivity index (χ3v) is 3.74. The van der Waals surface area contributed by atoms with Crippen LogP contribution in [0.15, 0.2) is 48.5 Å². The van der Waals surface area contributed by atoms with E-state index in [9.17, 15) is 14.7 Å². The summed E-state index contributed by atoms with van der Waals surface area (Å²) in [6, 6.07) is 14.3. The first kappa shape index (κ1) is 17.7. The summed E-state index contributed by atoms with van der Waals surface area (Å²) < 4.78 is 0. The van der Waals surface area contributed by atoms with Crippen molar-refractivity contribution in [2.24, 2.45) is 5.73 Å². The smallest absolute Gasteiger partial charge is 0.337 e. The molecule has 2 aromatic carbocycles. The summed E-state index contributed by atoms with van der Waals surface area (Å²) in [5.74, 6) is -1.36. The summed E-state index contributed by atoms with van der Waals surface area (Å²) in [6.07, 6.45) is 1.82. The van der Waals surface area contributed by atoms with Crippen LogP contribution in [-0.2, 0) is 4.79 Å². The van der Waals surface area contributed by atoms with Gasteiger partial charge in [0.05, 0.1) is 11.3 Å². The van der Waals surface area contributed by atoms with Crippen molar-refractivity contribution in [1.29, 1.82) is 0 Å². The monoisotopic (exact) mass is 326 g/mol. The molecule has 5 heteroatoms. The highest BCUT2D eigenvalue weighted by molar-refractivity contribution is 6.01. The lowest BCUT2D eigenvalue weighted by molar-refractivity contribution is -0.116. The summed E-state index contributed by atoms with van der Waals surface area (Å²) in [6.45, 7) is 2.00. The molecule has 0 fully saturated rings. The standard InChI is InChI=1S/C19H22N2O3/c1-2-6-15(20)12-18(22)21-17-11-14(9-10-16(17)19(23)24)13-7-4-3-5-8-13/h3-5,7-11,15H,2,6,12,20H2,1H3,(H,21,22)(H,23,24). The molecule has 5 nitrogen and oxygen atoms in total. The van der Waals surface area contributed by atoms with E-state index in [1.54, 1.807) is 12.1 Å². The van der Waals surface area contributed by atoms with Crippen LogP contribution < -0.4 is 11.1 Å². The van der Waals surface area contributed by atoms with Crippen LogP contribution in [0.3, 0.4) is 0 Å². The van der Waals surface area contributed by atoms with Crippen molar-refractivity contribution < 1.29 is 14.7 Å². The largest absolute Gasteiger partial charge is 0.478 e. The summed E-state index contributed by atoms with van der Waals surface area (Å²) in [7, 11) is 0. The first-order valence-corrected chi connectivity index (χ1v) is 7.99. The molecule has 1 unspecified atom stereocenters. The maximum atomic E-state index is 12.1. The van der Waals surface area contributed by atoms with Gasteiger partial charge in [0.15, 0.2) is 0 Å². The van der Waals surface area contributed by atoms with Crippen LogP contribution in [-0.4, -0.2) is 23.0 Å². The Bertz CT molecular complexity index is 714. The number of hydrogen-bond acceptors (Lipinski definition) is 3. The lowest BCUT2D eigenvalue weighted by Crippen LogP contribution is -2.27. The molecule has 0 aliphatic carbocycles. The van der Waals surface area contributed by atoms with Gasteiger partial charge in [-0.3, -0.25) is 4.79 Å². The maximum absolute atomic E-state index is 12.1. The number of nitrogens with one attached hydrogen (secondary N) is 1. The van der Waals surface area contributed by atoms with Gasteiger partial charge in [0.1, 0.15) is 0 Å². The van der Waals surface area contributed by atoms with Crippen LogP contribution >= 0.6 is 0 Å². The molecule has 0 bridgehead atoms. The van der Waals surface area contributed by atoms with Gasteiger partial charge in [0.2, 0.25) is 5.91 Å². The number of nitrogens with two attached hydrogens (primary N) is 1. The number of aromatic carboxylic acids is 1. The third-order valence-electron chi connectivity index (χ3n) is 3.74. The SMILES string of the molecule is CCCC(N)CC(=O)Nc1cc(-c2ccccc2)ccc1C(=O)O. The van der Waals surface area contributed by atoms with Crippen molar-refractivity contribution in [2.75, 3.05) is 5.32 Å². The normalized spacial score (nSPS) is 11.8. The molecule has 2 aromatic rings. The van der Waals surface area contributed by atoms with E-state index in [0.717, 1.165) is 24.0 Å². The Balaban J connectivity index is 2.26. The molecule has 0 saturated heterocycles. The van der Waals surface area contributed by atoms with Crippen molar-refractivity contribution in [1.82, 2.24) is 0 Å². The first-order chi connectivity index (χ1) is 11.5. The molecule has 0 aliphatic heterocycles. The summed E-state index contributed by atoms with van der Waals surface area (Å²) in [5, 5.41) is 12.0. The molecule has 24 heavy (non-hydrogen) atoms. The fourth-order valence-electron chi connectivity index (χ4n) is 2.56. The Hall–Kier alpha value is -2.66. The van der Waals surface area contributed by atoms with Gasteiger partial charge < -0.3 is 16.2 Å². The van der Waals surface area contributed by atoms with Crippen molar-refractivity contribution >= 4 is 17.6 Å². The van der Waals surface area contributed by atoms with Gasteiger partial charge in [-0.15, -0.1) is 0 Å². The van der Waals surface area contributed by atoms with E-state index < -0.39 is 5.97 Å². The number of carboxylic acid groups (broad SMARTS) is 1. The molecule has 0 aromatic heterocycles. The number of carbonyl (C=O) groups is 2. The average Bonchev–Trinajstić information content (AvgIpc) is 2.55. The highest BCUT2D eigenvalue weighted by Crippen LogP contribution is 2.26. The van der Waals surface area contributed by atoms with Crippen LogP contribution in [0.4, 0.5) is 5.69 Å². The molecule has 2 rings (SSSR count). The molecule has 0 saturated carbocycles. The van der Waals surface area contributed by atoms with Gasteiger partial charge in [-0.2, -0.15) is 0 Å². The summed E-state index contributed by atoms with van der Waals surface area (Å²) in [4.78, 5) is 23.5. The Kier molecular flexibility index (Phi) is 6.09. The Morgan fingerprint density at radius 3 is 2.46 bits per heavy atom. The second kappa shape index (κ2) is 8.26. The molecule has 1 amide bonds. The second-order valence-corrected chi connectivity index (χ2v) is 5.73. The second-order valence-electron chi connectivity index (χ2n) is 5.73. The minimum atomic E-state index is -1.08. The fraction of sp³-hybridized carbons (Fsp3) is 0.263. The van der Waals surface area contributed by atoms with Crippen molar-refractivity contribution in [2.45, 2.75) is 32.2 Å². The maximum Gasteiger partial charge on any atom is 0.337 e. The molecule has 126 valence electrons. The predicted octanol–water partition coefficient (Wildman–Crippen LogP) is 3.51. The molecule has 1 atom stereocenters. The minimum Gasteiger partial charge on any atom is -0.478 e. The molecule has 0 heterocycles. The van der Waals surface area contributed by atoms with Gasteiger partial charge >= 0.3 is 5.97 Å². The Morgan fingerprint density at radius 1 is 1.12 bits per heavy atom. The van der Waals surface area contributed by atoms with Crippen molar-refractivity contribution in [3.63, 3.8) is 0 Å². The first-order valence-electron chi connectivity index (χ1n) is 7.99. The van der Waals surface area contributed by atoms with Crippen molar-refractivity contribution in [3.8, 4) is 11.1 Å². The fourth-order valence-corrected chi connectivity index (χ4v) is 2.56. The highest BCUT2D eigenvalue weighted by Gasteiger charge is 2.15. The van der Waals surface area contributed by atoms with Gasteiger partial charge in [-0.05, 0) is 29.7 Å². The van der Waals surface area contributed by atoms with E-state index in [1.807, 2.05) is 37.3 Å². The molecule has 4 N–H and O–H groups in total. The van der Waals surface area contributed by atoms with Gasteiger partial charge in [0, 0.05) is 12.5 Å². The lowest BCUT2D eigenvalue weighted by atomic mass is 10.0. The van der Waals surface area contributed by atoms with Crippen LogP contribution in [0.2, 0.25) is 0 Å². The third kappa shape index (κ3) is 4.67. The van der Waals surface area contributed by atoms with Gasteiger partial charge in [-0.25, -0.2) is 4.79 Å². The van der Waals surface area contributed by atoms with E-state index in [1.165, 1.54) is 6.07 Å². The van der Waals surface area contributed by atoms with Crippen LogP contribution in [0.1, 0.15) is 36.5 Å². The molecule has 0 spiro atoms. The van der Waals surface area contributed by atoms with E-state index in [2.05, 4.69) is 5.32 Å².